The van der Waals surface area contributed by atoms with Crippen molar-refractivity contribution >= 4 is 15.7 Å². The Hall–Kier alpha value is -0.880. The molecular weight excluding hydrogens is 228 g/mol. The predicted octanol–water partition coefficient (Wildman–Crippen LogP) is -0.840. The highest BCUT2D eigenvalue weighted by Crippen LogP contribution is 2.19. The molecule has 16 heavy (non-hydrogen) atoms. The maximum atomic E-state index is 12.1. The average molecular weight is 244 g/mol. The quantitative estimate of drug-likeness (QED) is 0.643. The maximum absolute atomic E-state index is 12.1. The van der Waals surface area contributed by atoms with E-state index in [1.54, 1.807) is 11.9 Å². The van der Waals surface area contributed by atoms with E-state index < -0.39 is 15.9 Å². The van der Waals surface area contributed by atoms with Crippen LogP contribution in [-0.4, -0.2) is 56.4 Å². The predicted molar refractivity (Wildman–Crippen MR) is 60.8 cm³/mol. The molecule has 90 valence electrons. The first kappa shape index (κ1) is 11.6. The van der Waals surface area contributed by atoms with Gasteiger partial charge in [-0.15, -0.1) is 0 Å². The lowest BCUT2D eigenvalue weighted by atomic mass is 10.0. The number of hydrogen-bond acceptors (Lipinski definition) is 4. The Morgan fingerprint density at radius 3 is 2.69 bits per heavy atom. The van der Waals surface area contributed by atoms with Gasteiger partial charge in [0.15, 0.2) is 9.84 Å². The smallest absolute Gasteiger partial charge is 0.241 e. The van der Waals surface area contributed by atoms with Gasteiger partial charge in [0.2, 0.25) is 5.91 Å². The SMILES string of the molecule is CNC1CS(=O)(=O)CCN(C2C=CC2)C1=O. The molecule has 1 aliphatic carbocycles. The molecule has 0 saturated carbocycles. The van der Waals surface area contributed by atoms with Gasteiger partial charge in [0.1, 0.15) is 6.04 Å². The van der Waals surface area contributed by atoms with Crippen LogP contribution in [0.2, 0.25) is 0 Å². The van der Waals surface area contributed by atoms with Crippen LogP contribution in [0.15, 0.2) is 12.2 Å². The average Bonchev–Trinajstić information content (AvgIpc) is 2.26. The number of rotatable bonds is 2. The van der Waals surface area contributed by atoms with E-state index in [0.29, 0.717) is 6.54 Å². The topological polar surface area (TPSA) is 66.5 Å². The highest BCUT2D eigenvalue weighted by atomic mass is 32.2. The fourth-order valence-corrected chi connectivity index (χ4v) is 3.44. The highest BCUT2D eigenvalue weighted by molar-refractivity contribution is 7.91. The second-order valence-corrected chi connectivity index (χ2v) is 6.45. The summed E-state index contributed by atoms with van der Waals surface area (Å²) < 4.78 is 23.2. The van der Waals surface area contributed by atoms with Gasteiger partial charge in [-0.1, -0.05) is 12.2 Å². The van der Waals surface area contributed by atoms with E-state index in [9.17, 15) is 13.2 Å². The van der Waals surface area contributed by atoms with E-state index in [1.165, 1.54) is 0 Å². The molecule has 1 fully saturated rings. The minimum absolute atomic E-state index is 0.0707. The lowest BCUT2D eigenvalue weighted by molar-refractivity contribution is -0.133. The largest absolute Gasteiger partial charge is 0.334 e. The molecule has 0 radical (unpaired) electrons. The van der Waals surface area contributed by atoms with Crippen molar-refractivity contribution in [3.63, 3.8) is 0 Å². The van der Waals surface area contributed by atoms with Crippen LogP contribution < -0.4 is 5.32 Å². The van der Waals surface area contributed by atoms with Crippen LogP contribution in [0.3, 0.4) is 0 Å². The van der Waals surface area contributed by atoms with E-state index >= 15 is 0 Å². The molecule has 0 aromatic carbocycles. The van der Waals surface area contributed by atoms with E-state index in [0.717, 1.165) is 6.42 Å². The van der Waals surface area contributed by atoms with Gasteiger partial charge >= 0.3 is 0 Å². The van der Waals surface area contributed by atoms with Gasteiger partial charge in [-0.05, 0) is 13.5 Å². The van der Waals surface area contributed by atoms with Crippen LogP contribution in [0, 0.1) is 0 Å². The zero-order chi connectivity index (χ0) is 11.8. The van der Waals surface area contributed by atoms with Crippen LogP contribution in [-0.2, 0) is 14.6 Å². The van der Waals surface area contributed by atoms with Crippen molar-refractivity contribution in [2.75, 3.05) is 25.1 Å². The Balaban J connectivity index is 2.21. The Morgan fingerprint density at radius 1 is 1.50 bits per heavy atom. The Kier molecular flexibility index (Phi) is 3.03. The summed E-state index contributed by atoms with van der Waals surface area (Å²) >= 11 is 0. The molecule has 1 aliphatic heterocycles. The molecule has 1 N–H and O–H groups in total. The van der Waals surface area contributed by atoms with E-state index in [2.05, 4.69) is 5.32 Å². The number of carbonyl (C=O) groups is 1. The van der Waals surface area contributed by atoms with Crippen LogP contribution in [0.5, 0.6) is 0 Å². The minimum atomic E-state index is -3.11. The van der Waals surface area contributed by atoms with E-state index in [1.807, 2.05) is 12.2 Å². The van der Waals surface area contributed by atoms with Crippen molar-refractivity contribution in [3.8, 4) is 0 Å². The molecule has 6 heteroatoms. The molecule has 0 aromatic heterocycles. The maximum Gasteiger partial charge on any atom is 0.241 e. The number of carbonyl (C=O) groups excluding carboxylic acids is 1. The fourth-order valence-electron chi connectivity index (χ4n) is 1.98. The number of sulfone groups is 1. The van der Waals surface area contributed by atoms with Gasteiger partial charge in [-0.3, -0.25) is 4.79 Å². The summed E-state index contributed by atoms with van der Waals surface area (Å²) in [6.45, 7) is 0.314. The summed E-state index contributed by atoms with van der Waals surface area (Å²) in [6.07, 6.45) is 4.77. The fraction of sp³-hybridized carbons (Fsp3) is 0.700. The Labute approximate surface area is 95.4 Å². The van der Waals surface area contributed by atoms with Gasteiger partial charge in [-0.2, -0.15) is 0 Å². The van der Waals surface area contributed by atoms with Gasteiger partial charge in [-0.25, -0.2) is 8.42 Å². The summed E-state index contributed by atoms with van der Waals surface area (Å²) in [6, 6.07) is -0.502. The normalized spacial score (nSPS) is 33.3. The Bertz CT molecular complexity index is 416. The first-order chi connectivity index (χ1) is 7.53. The molecule has 5 nitrogen and oxygen atoms in total. The molecule has 2 atom stereocenters. The minimum Gasteiger partial charge on any atom is -0.334 e. The van der Waals surface area contributed by atoms with Gasteiger partial charge in [0.25, 0.3) is 0 Å². The summed E-state index contributed by atoms with van der Waals surface area (Å²) in [4.78, 5) is 13.7. The van der Waals surface area contributed by atoms with Crippen molar-refractivity contribution < 1.29 is 13.2 Å². The van der Waals surface area contributed by atoms with Crippen LogP contribution in [0.4, 0.5) is 0 Å². The molecule has 0 spiro atoms. The zero-order valence-corrected chi connectivity index (χ0v) is 10.0. The Morgan fingerprint density at radius 2 is 2.19 bits per heavy atom. The molecule has 2 aliphatic rings. The van der Waals surface area contributed by atoms with Gasteiger partial charge in [0, 0.05) is 6.54 Å². The van der Waals surface area contributed by atoms with Crippen LogP contribution >= 0.6 is 0 Å². The van der Waals surface area contributed by atoms with Gasteiger partial charge < -0.3 is 10.2 Å². The highest BCUT2D eigenvalue weighted by Gasteiger charge is 2.36. The summed E-state index contributed by atoms with van der Waals surface area (Å²) in [5.74, 6) is -0.116. The van der Waals surface area contributed by atoms with Crippen molar-refractivity contribution in [2.45, 2.75) is 18.5 Å². The summed E-state index contributed by atoms with van der Waals surface area (Å²) in [7, 11) is -1.49. The third-order valence-electron chi connectivity index (χ3n) is 3.13. The lowest BCUT2D eigenvalue weighted by Gasteiger charge is -2.33. The second-order valence-electron chi connectivity index (χ2n) is 4.22. The number of nitrogens with one attached hydrogen (secondary N) is 1. The first-order valence-corrected chi connectivity index (χ1v) is 7.20. The first-order valence-electron chi connectivity index (χ1n) is 5.38. The van der Waals surface area contributed by atoms with Crippen molar-refractivity contribution in [3.05, 3.63) is 12.2 Å². The van der Waals surface area contributed by atoms with Crippen molar-refractivity contribution in [1.29, 1.82) is 0 Å². The van der Waals surface area contributed by atoms with E-state index in [-0.39, 0.29) is 23.5 Å². The van der Waals surface area contributed by atoms with Crippen LogP contribution in [0.25, 0.3) is 0 Å². The van der Waals surface area contributed by atoms with E-state index in [4.69, 9.17) is 0 Å². The molecule has 0 aromatic rings. The zero-order valence-electron chi connectivity index (χ0n) is 9.22. The number of likely N-dealkylation sites (N-methyl/N-ethyl adjacent to an activating group) is 1. The van der Waals surface area contributed by atoms with Crippen molar-refractivity contribution in [1.82, 2.24) is 10.2 Å². The lowest BCUT2D eigenvalue weighted by Crippen LogP contribution is -2.50. The number of nitrogens with zero attached hydrogens (tertiary/aromatic N) is 1. The monoisotopic (exact) mass is 244 g/mol. The third-order valence-corrected chi connectivity index (χ3v) is 4.78. The van der Waals surface area contributed by atoms with Crippen LogP contribution in [0.1, 0.15) is 6.42 Å². The van der Waals surface area contributed by atoms with Gasteiger partial charge in [0.05, 0.1) is 17.5 Å². The molecule has 1 saturated heterocycles. The molecule has 1 heterocycles. The standard InChI is InChI=1S/C10H16N2O3S/c1-11-9-7-16(14,15)6-5-12(10(9)13)8-3-2-4-8/h2-3,8-9,11H,4-7H2,1H3. The molecule has 2 unspecified atom stereocenters. The molecule has 1 amide bonds. The third kappa shape index (κ3) is 2.12. The summed E-state index contributed by atoms with van der Waals surface area (Å²) in [5.41, 5.74) is 0. The summed E-state index contributed by atoms with van der Waals surface area (Å²) in [5, 5.41) is 2.79. The molecular formula is C10H16N2O3S. The molecule has 0 bridgehead atoms. The second kappa shape index (κ2) is 4.18. The number of amides is 1. The number of hydrogen-bond donors (Lipinski definition) is 1. The van der Waals surface area contributed by atoms with Crippen molar-refractivity contribution in [2.24, 2.45) is 0 Å². The molecule has 2 rings (SSSR count).